The summed E-state index contributed by atoms with van der Waals surface area (Å²) >= 11 is 0. The van der Waals surface area contributed by atoms with Crippen molar-refractivity contribution in [2.45, 2.75) is 38.1 Å². The van der Waals surface area contributed by atoms with Crippen molar-refractivity contribution >= 4 is 5.95 Å². The number of anilines is 1. The predicted octanol–water partition coefficient (Wildman–Crippen LogP) is 1.37. The Balaban J connectivity index is 2.08. The largest absolute Gasteiger partial charge is 0.367 e. The van der Waals surface area contributed by atoms with E-state index < -0.39 is 0 Å². The number of rotatable bonds is 1. The van der Waals surface area contributed by atoms with Crippen LogP contribution in [-0.2, 0) is 0 Å². The quantitative estimate of drug-likeness (QED) is 0.685. The zero-order valence-corrected chi connectivity index (χ0v) is 7.11. The summed E-state index contributed by atoms with van der Waals surface area (Å²) in [6.45, 7) is 0. The summed E-state index contributed by atoms with van der Waals surface area (Å²) in [5, 5.41) is 4.12. The van der Waals surface area contributed by atoms with Gasteiger partial charge >= 0.3 is 0 Å². The molecule has 66 valence electrons. The van der Waals surface area contributed by atoms with E-state index in [1.165, 1.54) is 32.1 Å². The maximum absolute atomic E-state index is 5.44. The van der Waals surface area contributed by atoms with Crippen LogP contribution >= 0.6 is 0 Å². The van der Waals surface area contributed by atoms with Gasteiger partial charge < -0.3 is 5.73 Å². The van der Waals surface area contributed by atoms with Crippen molar-refractivity contribution in [3.8, 4) is 0 Å². The molecule has 2 N–H and O–H groups in total. The van der Waals surface area contributed by atoms with E-state index in [0.717, 1.165) is 0 Å². The molecule has 1 aromatic heterocycles. The number of nitrogens with two attached hydrogens (primary N) is 1. The standard InChI is InChI=1S/C8H14N4/c9-8-10-6-12(11-8)7-4-2-1-3-5-7/h6-7H,1-5H2,(H2,9,11). The zero-order valence-electron chi connectivity index (χ0n) is 7.11. The number of hydrogen-bond donors (Lipinski definition) is 1. The molecule has 0 unspecified atom stereocenters. The normalized spacial score (nSPS) is 19.7. The molecule has 1 saturated carbocycles. The summed E-state index contributed by atoms with van der Waals surface area (Å²) in [5.41, 5.74) is 5.44. The van der Waals surface area contributed by atoms with Crippen molar-refractivity contribution < 1.29 is 0 Å². The lowest BCUT2D eigenvalue weighted by molar-refractivity contribution is 0.329. The Morgan fingerprint density at radius 3 is 2.67 bits per heavy atom. The molecule has 2 rings (SSSR count). The molecule has 4 heteroatoms. The van der Waals surface area contributed by atoms with Crippen molar-refractivity contribution in [2.75, 3.05) is 5.73 Å². The van der Waals surface area contributed by atoms with Crippen molar-refractivity contribution in [1.82, 2.24) is 14.8 Å². The van der Waals surface area contributed by atoms with E-state index >= 15 is 0 Å². The molecule has 4 nitrogen and oxygen atoms in total. The highest BCUT2D eigenvalue weighted by molar-refractivity contribution is 5.09. The van der Waals surface area contributed by atoms with Crippen LogP contribution in [0.25, 0.3) is 0 Å². The highest BCUT2D eigenvalue weighted by Gasteiger charge is 2.15. The summed E-state index contributed by atoms with van der Waals surface area (Å²) < 4.78 is 1.91. The van der Waals surface area contributed by atoms with E-state index in [4.69, 9.17) is 5.73 Å². The van der Waals surface area contributed by atoms with Gasteiger partial charge in [0.1, 0.15) is 6.33 Å². The van der Waals surface area contributed by atoms with Crippen LogP contribution in [0.15, 0.2) is 6.33 Å². The minimum Gasteiger partial charge on any atom is -0.367 e. The lowest BCUT2D eigenvalue weighted by atomic mass is 9.96. The Labute approximate surface area is 71.8 Å². The SMILES string of the molecule is Nc1ncn(C2CCCCC2)n1. The lowest BCUT2D eigenvalue weighted by Crippen LogP contribution is -2.13. The average molecular weight is 166 g/mol. The van der Waals surface area contributed by atoms with Crippen molar-refractivity contribution in [3.05, 3.63) is 6.33 Å². The first-order valence-electron chi connectivity index (χ1n) is 4.53. The van der Waals surface area contributed by atoms with Gasteiger partial charge in [-0.2, -0.15) is 0 Å². The zero-order chi connectivity index (χ0) is 8.39. The number of hydrogen-bond acceptors (Lipinski definition) is 3. The van der Waals surface area contributed by atoms with Gasteiger partial charge in [0.05, 0.1) is 6.04 Å². The van der Waals surface area contributed by atoms with Gasteiger partial charge in [-0.3, -0.25) is 0 Å². The molecule has 0 saturated heterocycles. The molecule has 1 aromatic rings. The van der Waals surface area contributed by atoms with Gasteiger partial charge in [0.15, 0.2) is 0 Å². The molecule has 0 spiro atoms. The molecule has 12 heavy (non-hydrogen) atoms. The fourth-order valence-electron chi connectivity index (χ4n) is 1.81. The predicted molar refractivity (Wildman–Crippen MR) is 46.6 cm³/mol. The summed E-state index contributed by atoms with van der Waals surface area (Å²) in [7, 11) is 0. The van der Waals surface area contributed by atoms with Gasteiger partial charge in [0.2, 0.25) is 5.95 Å². The van der Waals surface area contributed by atoms with Gasteiger partial charge in [0.25, 0.3) is 0 Å². The summed E-state index contributed by atoms with van der Waals surface area (Å²) in [6, 6.07) is 0.545. The molecule has 0 radical (unpaired) electrons. The second-order valence-electron chi connectivity index (χ2n) is 3.37. The molecular weight excluding hydrogens is 152 g/mol. The van der Waals surface area contributed by atoms with Crippen LogP contribution in [0.2, 0.25) is 0 Å². The number of nitrogen functional groups attached to an aromatic ring is 1. The van der Waals surface area contributed by atoms with Crippen molar-refractivity contribution in [2.24, 2.45) is 0 Å². The molecule has 1 fully saturated rings. The molecule has 1 aliphatic rings. The molecule has 0 aliphatic heterocycles. The van der Waals surface area contributed by atoms with Crippen LogP contribution in [-0.4, -0.2) is 14.8 Å². The van der Waals surface area contributed by atoms with Crippen molar-refractivity contribution in [1.29, 1.82) is 0 Å². The highest BCUT2D eigenvalue weighted by Crippen LogP contribution is 2.26. The van der Waals surface area contributed by atoms with Gasteiger partial charge in [-0.25, -0.2) is 9.67 Å². The maximum Gasteiger partial charge on any atom is 0.239 e. The fourth-order valence-corrected chi connectivity index (χ4v) is 1.81. The van der Waals surface area contributed by atoms with Crippen LogP contribution in [0.3, 0.4) is 0 Å². The van der Waals surface area contributed by atoms with E-state index in [2.05, 4.69) is 10.1 Å². The third kappa shape index (κ3) is 1.42. The summed E-state index contributed by atoms with van der Waals surface area (Å²) in [6.07, 6.45) is 8.17. The van der Waals surface area contributed by atoms with E-state index in [1.54, 1.807) is 6.33 Å². The minimum atomic E-state index is 0.389. The first-order chi connectivity index (χ1) is 5.86. The Hall–Kier alpha value is -1.06. The smallest absolute Gasteiger partial charge is 0.239 e. The summed E-state index contributed by atoms with van der Waals surface area (Å²) in [5.74, 6) is 0.389. The Kier molecular flexibility index (Phi) is 1.98. The third-order valence-electron chi connectivity index (χ3n) is 2.48. The van der Waals surface area contributed by atoms with E-state index in [-0.39, 0.29) is 0 Å². The molecule has 0 amide bonds. The Bertz CT molecular complexity index is 249. The van der Waals surface area contributed by atoms with Gasteiger partial charge in [0, 0.05) is 0 Å². The number of aromatic nitrogens is 3. The fraction of sp³-hybridized carbons (Fsp3) is 0.750. The van der Waals surface area contributed by atoms with Crippen LogP contribution in [0.4, 0.5) is 5.95 Å². The van der Waals surface area contributed by atoms with Crippen LogP contribution < -0.4 is 5.73 Å². The molecule has 1 heterocycles. The Morgan fingerprint density at radius 2 is 2.08 bits per heavy atom. The topological polar surface area (TPSA) is 56.7 Å². The maximum atomic E-state index is 5.44. The van der Waals surface area contributed by atoms with Crippen molar-refractivity contribution in [3.63, 3.8) is 0 Å². The first-order valence-corrected chi connectivity index (χ1v) is 4.53. The van der Waals surface area contributed by atoms with Gasteiger partial charge in [-0.1, -0.05) is 19.3 Å². The monoisotopic (exact) mass is 166 g/mol. The molecular formula is C8H14N4. The molecule has 0 atom stereocenters. The lowest BCUT2D eigenvalue weighted by Gasteiger charge is -2.20. The van der Waals surface area contributed by atoms with Crippen LogP contribution in [0, 0.1) is 0 Å². The molecule has 0 bridgehead atoms. The second-order valence-corrected chi connectivity index (χ2v) is 3.37. The summed E-state index contributed by atoms with van der Waals surface area (Å²) in [4.78, 5) is 3.92. The van der Waals surface area contributed by atoms with Crippen LogP contribution in [0.1, 0.15) is 38.1 Å². The van der Waals surface area contributed by atoms with E-state index in [9.17, 15) is 0 Å². The van der Waals surface area contributed by atoms with Gasteiger partial charge in [-0.15, -0.1) is 5.10 Å². The van der Waals surface area contributed by atoms with Crippen LogP contribution in [0.5, 0.6) is 0 Å². The van der Waals surface area contributed by atoms with E-state index in [0.29, 0.717) is 12.0 Å². The minimum absolute atomic E-state index is 0.389. The second kappa shape index (κ2) is 3.13. The first kappa shape index (κ1) is 7.58. The number of nitrogens with zero attached hydrogens (tertiary/aromatic N) is 3. The third-order valence-corrected chi connectivity index (χ3v) is 2.48. The molecule has 1 aliphatic carbocycles. The Morgan fingerprint density at radius 1 is 1.33 bits per heavy atom. The molecule has 0 aromatic carbocycles. The van der Waals surface area contributed by atoms with Gasteiger partial charge in [-0.05, 0) is 12.8 Å². The van der Waals surface area contributed by atoms with E-state index in [1.807, 2.05) is 4.68 Å². The highest BCUT2D eigenvalue weighted by atomic mass is 15.4. The average Bonchev–Trinajstić information content (AvgIpc) is 2.54.